The number of ether oxygens (including phenoxy) is 2. The summed E-state index contributed by atoms with van der Waals surface area (Å²) >= 11 is 1.56. The number of hydrogen-bond acceptors (Lipinski definition) is 6. The number of nitrogens with zero attached hydrogens (tertiary/aromatic N) is 2. The maximum Gasteiger partial charge on any atom is 0.166 e. The number of methoxy groups -OCH3 is 2. The minimum Gasteiger partial charge on any atom is -0.493 e. The highest BCUT2D eigenvalue weighted by Gasteiger charge is 2.10. The minimum absolute atomic E-state index is 0.666. The first-order valence-electron chi connectivity index (χ1n) is 5.94. The van der Waals surface area contributed by atoms with Gasteiger partial charge in [-0.05, 0) is 0 Å². The molecular weight excluding hydrogens is 278 g/mol. The zero-order valence-electron chi connectivity index (χ0n) is 11.0. The summed E-state index contributed by atoms with van der Waals surface area (Å²) in [6, 6.07) is 5.56. The number of hydrogen-bond donors (Lipinski definition) is 1. The van der Waals surface area contributed by atoms with Crippen molar-refractivity contribution in [1.29, 1.82) is 0 Å². The van der Waals surface area contributed by atoms with Gasteiger partial charge in [-0.25, -0.2) is 4.98 Å². The van der Waals surface area contributed by atoms with Gasteiger partial charge in [0.1, 0.15) is 6.26 Å². The second-order valence-corrected chi connectivity index (χ2v) is 5.01. The Bertz CT molecular complexity index is 668. The number of nitrogens with one attached hydrogen (secondary N) is 1. The van der Waals surface area contributed by atoms with Crippen molar-refractivity contribution in [1.82, 2.24) is 15.1 Å². The lowest BCUT2D eigenvalue weighted by atomic mass is 10.3. The standard InChI is InChI=1S/C13H13N3O3S/c1-17-11-5-9-10(6-12(11)18-2)15-13(14-9)20-7-8-3-4-19-16-8/h3-6H,7H2,1-2H3,(H,14,15). The van der Waals surface area contributed by atoms with Crippen LogP contribution in [0.2, 0.25) is 0 Å². The van der Waals surface area contributed by atoms with Crippen LogP contribution in [0.5, 0.6) is 11.5 Å². The number of thioether (sulfide) groups is 1. The molecule has 3 aromatic rings. The van der Waals surface area contributed by atoms with Crippen LogP contribution in [0.1, 0.15) is 5.69 Å². The molecule has 1 N–H and O–H groups in total. The highest BCUT2D eigenvalue weighted by Crippen LogP contribution is 2.32. The van der Waals surface area contributed by atoms with E-state index in [9.17, 15) is 0 Å². The Morgan fingerprint density at radius 3 is 2.75 bits per heavy atom. The first-order valence-corrected chi connectivity index (χ1v) is 6.92. The fraction of sp³-hybridized carbons (Fsp3) is 0.231. The van der Waals surface area contributed by atoms with Gasteiger partial charge in [0.05, 0.1) is 30.9 Å². The first kappa shape index (κ1) is 12.9. The van der Waals surface area contributed by atoms with Crippen LogP contribution in [-0.2, 0) is 5.75 Å². The molecule has 0 aliphatic carbocycles. The number of H-pyrrole nitrogens is 1. The topological polar surface area (TPSA) is 73.2 Å². The summed E-state index contributed by atoms with van der Waals surface area (Å²) in [5.74, 6) is 2.04. The molecule has 20 heavy (non-hydrogen) atoms. The number of imidazole rings is 1. The maximum absolute atomic E-state index is 5.27. The molecule has 0 fully saturated rings. The molecule has 0 spiro atoms. The van der Waals surface area contributed by atoms with Crippen molar-refractivity contribution in [2.75, 3.05) is 14.2 Å². The normalized spacial score (nSPS) is 10.9. The van der Waals surface area contributed by atoms with Gasteiger partial charge in [-0.2, -0.15) is 0 Å². The van der Waals surface area contributed by atoms with Gasteiger partial charge < -0.3 is 19.0 Å². The quantitative estimate of drug-likeness (QED) is 0.729. The van der Waals surface area contributed by atoms with Crippen molar-refractivity contribution in [3.05, 3.63) is 30.2 Å². The monoisotopic (exact) mass is 291 g/mol. The van der Waals surface area contributed by atoms with Gasteiger partial charge in [-0.1, -0.05) is 16.9 Å². The van der Waals surface area contributed by atoms with E-state index >= 15 is 0 Å². The number of fused-ring (bicyclic) bond motifs is 1. The average molecular weight is 291 g/mol. The summed E-state index contributed by atoms with van der Waals surface area (Å²) in [6.45, 7) is 0. The summed E-state index contributed by atoms with van der Waals surface area (Å²) in [7, 11) is 3.22. The Morgan fingerprint density at radius 2 is 2.05 bits per heavy atom. The van der Waals surface area contributed by atoms with Crippen LogP contribution < -0.4 is 9.47 Å². The van der Waals surface area contributed by atoms with Crippen molar-refractivity contribution in [2.24, 2.45) is 0 Å². The molecule has 6 nitrogen and oxygen atoms in total. The minimum atomic E-state index is 0.666. The predicted octanol–water partition coefficient (Wildman–Crippen LogP) is 2.86. The van der Waals surface area contributed by atoms with Gasteiger partial charge in [0.2, 0.25) is 0 Å². The van der Waals surface area contributed by atoms with Gasteiger partial charge in [-0.15, -0.1) is 0 Å². The molecule has 0 unspecified atom stereocenters. The molecule has 0 aliphatic rings. The second-order valence-electron chi connectivity index (χ2n) is 4.05. The van der Waals surface area contributed by atoms with Gasteiger partial charge >= 0.3 is 0 Å². The SMILES string of the molecule is COc1cc2nc(SCc3ccon3)[nH]c2cc1OC. The van der Waals surface area contributed by atoms with Crippen molar-refractivity contribution in [2.45, 2.75) is 10.9 Å². The summed E-state index contributed by atoms with van der Waals surface area (Å²) in [6.07, 6.45) is 1.56. The largest absolute Gasteiger partial charge is 0.493 e. The highest BCUT2D eigenvalue weighted by molar-refractivity contribution is 7.98. The molecule has 1 aromatic carbocycles. The Labute approximate surface area is 119 Å². The zero-order chi connectivity index (χ0) is 13.9. The number of benzene rings is 1. The van der Waals surface area contributed by atoms with Crippen LogP contribution in [-0.4, -0.2) is 29.3 Å². The van der Waals surface area contributed by atoms with Crippen molar-refractivity contribution in [3.8, 4) is 11.5 Å². The molecule has 3 rings (SSSR count). The molecule has 0 atom stereocenters. The van der Waals surface area contributed by atoms with E-state index in [0.29, 0.717) is 17.3 Å². The van der Waals surface area contributed by atoms with E-state index in [1.165, 1.54) is 0 Å². The molecule has 0 bridgehead atoms. The third-order valence-corrected chi connectivity index (χ3v) is 3.72. The molecular formula is C13H13N3O3S. The number of aromatic nitrogens is 3. The molecule has 0 amide bonds. The van der Waals surface area contributed by atoms with Gasteiger partial charge in [0.25, 0.3) is 0 Å². The molecule has 2 heterocycles. The third kappa shape index (κ3) is 2.44. The van der Waals surface area contributed by atoms with Crippen LogP contribution >= 0.6 is 11.8 Å². The van der Waals surface area contributed by atoms with Crippen LogP contribution in [0.3, 0.4) is 0 Å². The van der Waals surface area contributed by atoms with Crippen molar-refractivity contribution in [3.63, 3.8) is 0 Å². The average Bonchev–Trinajstić information content (AvgIpc) is 3.11. The molecule has 0 saturated carbocycles. The third-order valence-electron chi connectivity index (χ3n) is 2.81. The highest BCUT2D eigenvalue weighted by atomic mass is 32.2. The van der Waals surface area contributed by atoms with Gasteiger partial charge in [-0.3, -0.25) is 0 Å². The van der Waals surface area contributed by atoms with Crippen LogP contribution in [0.25, 0.3) is 11.0 Å². The summed E-state index contributed by atoms with van der Waals surface area (Å²) in [5.41, 5.74) is 2.63. The smallest absolute Gasteiger partial charge is 0.166 e. The lowest BCUT2D eigenvalue weighted by molar-refractivity contribution is 0.356. The molecule has 7 heteroatoms. The predicted molar refractivity (Wildman–Crippen MR) is 75.3 cm³/mol. The lowest BCUT2D eigenvalue weighted by Gasteiger charge is -2.06. The Kier molecular flexibility index (Phi) is 3.51. The number of rotatable bonds is 5. The van der Waals surface area contributed by atoms with Crippen LogP contribution in [0.4, 0.5) is 0 Å². The first-order chi connectivity index (χ1) is 9.80. The fourth-order valence-corrected chi connectivity index (χ4v) is 2.61. The Balaban J connectivity index is 1.86. The van der Waals surface area contributed by atoms with Crippen LogP contribution in [0.15, 0.2) is 34.1 Å². The van der Waals surface area contributed by atoms with E-state index in [-0.39, 0.29) is 0 Å². The molecule has 2 aromatic heterocycles. The van der Waals surface area contributed by atoms with Crippen LogP contribution in [0, 0.1) is 0 Å². The summed E-state index contributed by atoms with van der Waals surface area (Å²) in [4.78, 5) is 7.75. The Morgan fingerprint density at radius 1 is 1.25 bits per heavy atom. The molecule has 0 radical (unpaired) electrons. The Hall–Kier alpha value is -2.15. The molecule has 0 aliphatic heterocycles. The molecule has 104 valence electrons. The fourth-order valence-electron chi connectivity index (χ4n) is 1.84. The van der Waals surface area contributed by atoms with E-state index in [2.05, 4.69) is 15.1 Å². The summed E-state index contributed by atoms with van der Waals surface area (Å²) in [5, 5.41) is 4.68. The van der Waals surface area contributed by atoms with E-state index in [4.69, 9.17) is 14.0 Å². The second kappa shape index (κ2) is 5.46. The van der Waals surface area contributed by atoms with E-state index in [1.54, 1.807) is 32.2 Å². The maximum atomic E-state index is 5.27. The van der Waals surface area contributed by atoms with Gasteiger partial charge in [0.15, 0.2) is 16.7 Å². The lowest BCUT2D eigenvalue weighted by Crippen LogP contribution is -1.89. The van der Waals surface area contributed by atoms with Crippen molar-refractivity contribution < 1.29 is 14.0 Å². The molecule has 0 saturated heterocycles. The zero-order valence-corrected chi connectivity index (χ0v) is 11.9. The van der Waals surface area contributed by atoms with Crippen molar-refractivity contribution >= 4 is 22.8 Å². The van der Waals surface area contributed by atoms with E-state index in [1.807, 2.05) is 18.2 Å². The summed E-state index contributed by atoms with van der Waals surface area (Å²) < 4.78 is 15.3. The van der Waals surface area contributed by atoms with Gasteiger partial charge in [0, 0.05) is 24.0 Å². The number of aromatic amines is 1. The van der Waals surface area contributed by atoms with E-state index in [0.717, 1.165) is 21.9 Å². The van der Waals surface area contributed by atoms with E-state index < -0.39 is 0 Å².